The number of hydrogen-bond acceptors (Lipinski definition) is 1. The summed E-state index contributed by atoms with van der Waals surface area (Å²) in [5.41, 5.74) is 6.14. The van der Waals surface area contributed by atoms with Crippen LogP contribution >= 0.6 is 0 Å². The zero-order chi connectivity index (χ0) is 21.7. The zero-order valence-electron chi connectivity index (χ0n) is 20.8. The van der Waals surface area contributed by atoms with Gasteiger partial charge in [0, 0.05) is 0 Å². The molecule has 1 heteroatoms. The molecule has 0 aromatic carbocycles. The van der Waals surface area contributed by atoms with Crippen LogP contribution < -0.4 is 0 Å². The van der Waals surface area contributed by atoms with Gasteiger partial charge in [-0.05, 0) is 109 Å². The number of rotatable bonds is 6. The van der Waals surface area contributed by atoms with Crippen LogP contribution in [0.1, 0.15) is 112 Å². The number of hydrogen-bond donors (Lipinski definition) is 1. The van der Waals surface area contributed by atoms with Crippen LogP contribution in [0.15, 0.2) is 22.8 Å². The van der Waals surface area contributed by atoms with Crippen LogP contribution in [0.3, 0.4) is 0 Å². The van der Waals surface area contributed by atoms with Gasteiger partial charge in [0.15, 0.2) is 0 Å². The van der Waals surface area contributed by atoms with E-state index in [9.17, 15) is 5.11 Å². The molecule has 4 aliphatic rings. The molecule has 0 saturated heterocycles. The van der Waals surface area contributed by atoms with Crippen molar-refractivity contribution in [1.29, 1.82) is 0 Å². The molecule has 7 atom stereocenters. The van der Waals surface area contributed by atoms with Gasteiger partial charge in [0.05, 0.1) is 6.10 Å². The molecule has 1 saturated carbocycles. The van der Waals surface area contributed by atoms with E-state index in [0.717, 1.165) is 36.5 Å². The summed E-state index contributed by atoms with van der Waals surface area (Å²) in [6, 6.07) is 0. The van der Waals surface area contributed by atoms with Gasteiger partial charge in [-0.15, -0.1) is 0 Å². The molecule has 0 amide bonds. The van der Waals surface area contributed by atoms with Gasteiger partial charge in [-0.3, -0.25) is 0 Å². The molecular formula is C29H48O. The van der Waals surface area contributed by atoms with Crippen molar-refractivity contribution in [2.24, 2.45) is 40.4 Å². The highest BCUT2D eigenvalue weighted by atomic mass is 16.3. The highest BCUT2D eigenvalue weighted by Gasteiger charge is 2.52. The fourth-order valence-electron chi connectivity index (χ4n) is 8.42. The molecular weight excluding hydrogens is 364 g/mol. The monoisotopic (exact) mass is 412 g/mol. The Kier molecular flexibility index (Phi) is 6.35. The van der Waals surface area contributed by atoms with E-state index in [-0.39, 0.29) is 6.10 Å². The Bertz CT molecular complexity index is 699. The van der Waals surface area contributed by atoms with E-state index in [1.54, 1.807) is 11.1 Å². The molecule has 4 rings (SSSR count). The summed E-state index contributed by atoms with van der Waals surface area (Å²) in [5.74, 6) is 4.09. The maximum Gasteiger partial charge on any atom is 0.0543 e. The Balaban J connectivity index is 1.52. The summed E-state index contributed by atoms with van der Waals surface area (Å²) in [6.07, 6.45) is 16.6. The van der Waals surface area contributed by atoms with E-state index in [2.05, 4.69) is 47.6 Å². The topological polar surface area (TPSA) is 20.2 Å². The van der Waals surface area contributed by atoms with E-state index in [1.165, 1.54) is 57.8 Å². The second kappa shape index (κ2) is 8.42. The third-order valence-corrected chi connectivity index (χ3v) is 10.6. The van der Waals surface area contributed by atoms with Crippen LogP contribution in [-0.4, -0.2) is 11.2 Å². The molecule has 0 radical (unpaired) electrons. The van der Waals surface area contributed by atoms with E-state index in [1.807, 2.05) is 5.57 Å². The molecule has 0 unspecified atom stereocenters. The lowest BCUT2D eigenvalue weighted by molar-refractivity contribution is 0.0224. The van der Waals surface area contributed by atoms with Crippen molar-refractivity contribution in [3.8, 4) is 0 Å². The van der Waals surface area contributed by atoms with Crippen molar-refractivity contribution >= 4 is 0 Å². The van der Waals surface area contributed by atoms with Gasteiger partial charge in [0.25, 0.3) is 0 Å². The molecule has 0 aromatic heterocycles. The van der Waals surface area contributed by atoms with Gasteiger partial charge in [0.2, 0.25) is 0 Å². The van der Waals surface area contributed by atoms with Crippen LogP contribution in [0.4, 0.5) is 0 Å². The van der Waals surface area contributed by atoms with Crippen LogP contribution in [0.25, 0.3) is 0 Å². The molecule has 1 N–H and O–H groups in total. The number of allylic oxidation sites excluding steroid dienone is 4. The summed E-state index contributed by atoms with van der Waals surface area (Å²) in [7, 11) is 0. The van der Waals surface area contributed by atoms with Crippen molar-refractivity contribution in [2.45, 2.75) is 118 Å². The first-order chi connectivity index (χ1) is 14.2. The maximum absolute atomic E-state index is 10.3. The van der Waals surface area contributed by atoms with Gasteiger partial charge < -0.3 is 5.11 Å². The van der Waals surface area contributed by atoms with E-state index < -0.39 is 0 Å². The zero-order valence-corrected chi connectivity index (χ0v) is 20.8. The van der Waals surface area contributed by atoms with Crippen LogP contribution in [-0.2, 0) is 0 Å². The average molecular weight is 413 g/mol. The molecule has 0 heterocycles. The first-order valence-corrected chi connectivity index (χ1v) is 13.3. The highest BCUT2D eigenvalue weighted by molar-refractivity contribution is 5.49. The molecule has 170 valence electrons. The van der Waals surface area contributed by atoms with Gasteiger partial charge in [0.1, 0.15) is 0 Å². The minimum absolute atomic E-state index is 0.0483. The first-order valence-electron chi connectivity index (χ1n) is 13.3. The summed E-state index contributed by atoms with van der Waals surface area (Å²) in [5, 5.41) is 10.3. The van der Waals surface area contributed by atoms with Gasteiger partial charge in [-0.1, -0.05) is 66.0 Å². The smallest absolute Gasteiger partial charge is 0.0543 e. The second-order valence-corrected chi connectivity index (χ2v) is 12.4. The summed E-state index contributed by atoms with van der Waals surface area (Å²) < 4.78 is 0. The molecule has 0 bridgehead atoms. The van der Waals surface area contributed by atoms with Crippen molar-refractivity contribution in [3.63, 3.8) is 0 Å². The quantitative estimate of drug-likeness (QED) is 0.467. The Morgan fingerprint density at radius 1 is 1.03 bits per heavy atom. The molecule has 0 aromatic rings. The maximum atomic E-state index is 10.3. The molecule has 1 fully saturated rings. The van der Waals surface area contributed by atoms with Gasteiger partial charge in [-0.25, -0.2) is 0 Å². The minimum atomic E-state index is -0.0483. The predicted molar refractivity (Wildman–Crippen MR) is 128 cm³/mol. The standard InChI is InChI=1S/C29H48O/c1-7-21(19(2)3)9-8-20(4)25-12-13-26-24-11-10-22-18-23(30)14-16-28(22,5)27(24)15-17-29(25,26)6/h13,19-23,25,30H,7-12,14-18H2,1-6H3/t20-,21-,22+,23+,25-,28+,29-/m1/s1. The van der Waals surface area contributed by atoms with Crippen LogP contribution in [0.5, 0.6) is 0 Å². The van der Waals surface area contributed by atoms with E-state index in [0.29, 0.717) is 16.7 Å². The Morgan fingerprint density at radius 3 is 2.50 bits per heavy atom. The Morgan fingerprint density at radius 2 is 1.80 bits per heavy atom. The fraction of sp³-hybridized carbons (Fsp3) is 0.862. The second-order valence-electron chi connectivity index (χ2n) is 12.4. The normalized spacial score (nSPS) is 40.5. The average Bonchev–Trinajstić information content (AvgIpc) is 3.06. The lowest BCUT2D eigenvalue weighted by Gasteiger charge is -2.54. The largest absolute Gasteiger partial charge is 0.393 e. The third-order valence-electron chi connectivity index (χ3n) is 10.6. The van der Waals surface area contributed by atoms with Crippen molar-refractivity contribution in [3.05, 3.63) is 22.8 Å². The Hall–Kier alpha value is -0.560. The molecule has 4 aliphatic carbocycles. The highest BCUT2D eigenvalue weighted by Crippen LogP contribution is 2.64. The Labute approximate surface area is 186 Å². The van der Waals surface area contributed by atoms with Gasteiger partial charge >= 0.3 is 0 Å². The first kappa shape index (κ1) is 22.6. The van der Waals surface area contributed by atoms with E-state index in [4.69, 9.17) is 0 Å². The third kappa shape index (κ3) is 3.66. The molecule has 0 spiro atoms. The lowest BCUT2D eigenvalue weighted by Crippen LogP contribution is -2.44. The van der Waals surface area contributed by atoms with Crippen molar-refractivity contribution in [1.82, 2.24) is 0 Å². The molecule has 30 heavy (non-hydrogen) atoms. The van der Waals surface area contributed by atoms with Crippen molar-refractivity contribution in [2.75, 3.05) is 0 Å². The predicted octanol–water partition coefficient (Wildman–Crippen LogP) is 8.09. The molecule has 0 aliphatic heterocycles. The number of aliphatic hydroxyl groups excluding tert-OH is 1. The van der Waals surface area contributed by atoms with Gasteiger partial charge in [-0.2, -0.15) is 0 Å². The summed E-state index contributed by atoms with van der Waals surface area (Å²) in [6.45, 7) is 14.9. The molecule has 1 nitrogen and oxygen atoms in total. The van der Waals surface area contributed by atoms with Crippen LogP contribution in [0.2, 0.25) is 0 Å². The lowest BCUT2D eigenvalue weighted by atomic mass is 9.51. The van der Waals surface area contributed by atoms with E-state index >= 15 is 0 Å². The number of fused-ring (bicyclic) bond motifs is 4. The fourth-order valence-corrected chi connectivity index (χ4v) is 8.42. The minimum Gasteiger partial charge on any atom is -0.393 e. The van der Waals surface area contributed by atoms with Crippen LogP contribution in [0, 0.1) is 40.4 Å². The number of aliphatic hydroxyl groups is 1. The SMILES string of the molecule is CC[C@H](CC[C@@H](C)[C@H]1CC=C2C3=C(CC[C@@]21C)[C@@]1(C)CC[C@H](O)C[C@@H]1CC3)C(C)C. The summed E-state index contributed by atoms with van der Waals surface area (Å²) >= 11 is 0. The summed E-state index contributed by atoms with van der Waals surface area (Å²) in [4.78, 5) is 0. The van der Waals surface area contributed by atoms with Crippen molar-refractivity contribution < 1.29 is 5.11 Å².